The van der Waals surface area contributed by atoms with Gasteiger partial charge in [-0.3, -0.25) is 4.79 Å². The smallest absolute Gasteiger partial charge is 0.254 e. The summed E-state index contributed by atoms with van der Waals surface area (Å²) in [6.07, 6.45) is 0.168. The fourth-order valence-corrected chi connectivity index (χ4v) is 3.15. The molecule has 20 heavy (non-hydrogen) atoms. The van der Waals surface area contributed by atoms with E-state index in [0.717, 1.165) is 11.0 Å². The summed E-state index contributed by atoms with van der Waals surface area (Å²) in [5.41, 5.74) is 6.88. The first-order valence-corrected chi connectivity index (χ1v) is 7.36. The van der Waals surface area contributed by atoms with E-state index in [-0.39, 0.29) is 11.9 Å². The Kier molecular flexibility index (Phi) is 4.67. The molecule has 2 rings (SSSR count). The quantitative estimate of drug-likeness (QED) is 0.809. The van der Waals surface area contributed by atoms with Gasteiger partial charge in [0.1, 0.15) is 0 Å². The second kappa shape index (κ2) is 6.11. The van der Waals surface area contributed by atoms with E-state index < -0.39 is 6.10 Å². The van der Waals surface area contributed by atoms with Crippen molar-refractivity contribution in [3.63, 3.8) is 0 Å². The third-order valence-corrected chi connectivity index (χ3v) is 3.85. The molecule has 2 atom stereocenters. The summed E-state index contributed by atoms with van der Waals surface area (Å²) in [4.78, 5) is 16.4. The van der Waals surface area contributed by atoms with Gasteiger partial charge in [-0.1, -0.05) is 15.9 Å². The number of β-amino-alcohol motifs (C(OH)–C–C–N with tert-alkyl or cyclic N) is 1. The number of benzene rings is 1. The summed E-state index contributed by atoms with van der Waals surface area (Å²) >= 11 is 3.35. The number of anilines is 1. The van der Waals surface area contributed by atoms with Gasteiger partial charge in [-0.2, -0.15) is 0 Å². The molecule has 6 heteroatoms. The van der Waals surface area contributed by atoms with Crippen LogP contribution >= 0.6 is 15.9 Å². The molecule has 1 aromatic carbocycles. The summed E-state index contributed by atoms with van der Waals surface area (Å²) in [5, 5.41) is 9.84. The minimum absolute atomic E-state index is 0.0349. The molecule has 0 saturated carbocycles. The zero-order chi connectivity index (χ0) is 14.9. The molecule has 0 aliphatic carbocycles. The second-order valence-corrected chi connectivity index (χ2v) is 6.45. The van der Waals surface area contributed by atoms with Crippen LogP contribution in [-0.2, 0) is 0 Å². The van der Waals surface area contributed by atoms with E-state index in [9.17, 15) is 9.90 Å². The molecule has 1 fully saturated rings. The lowest BCUT2D eigenvalue weighted by molar-refractivity contribution is 0.0699. The number of nitrogens with two attached hydrogens (primary N) is 1. The van der Waals surface area contributed by atoms with Gasteiger partial charge in [0.05, 0.1) is 6.10 Å². The minimum Gasteiger partial charge on any atom is -0.399 e. The van der Waals surface area contributed by atoms with E-state index in [1.54, 1.807) is 23.1 Å². The Morgan fingerprint density at radius 1 is 1.50 bits per heavy atom. The number of carbonyl (C=O) groups excluding carboxylic acids is 1. The predicted molar refractivity (Wildman–Crippen MR) is 82.6 cm³/mol. The van der Waals surface area contributed by atoms with Crippen molar-refractivity contribution in [2.75, 3.05) is 32.9 Å². The highest BCUT2D eigenvalue weighted by atomic mass is 79.9. The molecule has 1 saturated heterocycles. The highest BCUT2D eigenvalue weighted by molar-refractivity contribution is 9.10. The molecule has 2 unspecified atom stereocenters. The largest absolute Gasteiger partial charge is 0.399 e. The first kappa shape index (κ1) is 15.3. The van der Waals surface area contributed by atoms with Crippen molar-refractivity contribution in [2.45, 2.75) is 18.6 Å². The first-order chi connectivity index (χ1) is 9.36. The van der Waals surface area contributed by atoms with Crippen LogP contribution in [0.5, 0.6) is 0 Å². The topological polar surface area (TPSA) is 69.8 Å². The van der Waals surface area contributed by atoms with E-state index in [1.165, 1.54) is 0 Å². The zero-order valence-electron chi connectivity index (χ0n) is 11.7. The average molecular weight is 342 g/mol. The molecule has 110 valence electrons. The molecule has 0 spiro atoms. The standard InChI is InChI=1S/C14H20BrN3O2/c1-17(2)7-12-6-13(19)8-18(12)14(20)9-3-10(15)5-11(16)4-9/h3-5,12-13,19H,6-8,16H2,1-2H3. The molecule has 0 aromatic heterocycles. The maximum Gasteiger partial charge on any atom is 0.254 e. The number of likely N-dealkylation sites (tertiary alicyclic amines) is 1. The van der Waals surface area contributed by atoms with Gasteiger partial charge < -0.3 is 20.6 Å². The second-order valence-electron chi connectivity index (χ2n) is 5.54. The SMILES string of the molecule is CN(C)CC1CC(O)CN1C(=O)c1cc(N)cc(Br)c1. The molecule has 0 radical (unpaired) electrons. The van der Waals surface area contributed by atoms with Crippen LogP contribution < -0.4 is 5.73 Å². The summed E-state index contributed by atoms with van der Waals surface area (Å²) in [6, 6.07) is 5.22. The van der Waals surface area contributed by atoms with Crippen LogP contribution in [0, 0.1) is 0 Å². The lowest BCUT2D eigenvalue weighted by atomic mass is 10.1. The van der Waals surface area contributed by atoms with E-state index in [0.29, 0.717) is 24.2 Å². The number of rotatable bonds is 3. The number of likely N-dealkylation sites (N-methyl/N-ethyl adjacent to an activating group) is 1. The number of aliphatic hydroxyl groups is 1. The van der Waals surface area contributed by atoms with Gasteiger partial charge in [0.25, 0.3) is 5.91 Å². The monoisotopic (exact) mass is 341 g/mol. The fourth-order valence-electron chi connectivity index (χ4n) is 2.64. The molecule has 1 aromatic rings. The highest BCUT2D eigenvalue weighted by Gasteiger charge is 2.34. The Morgan fingerprint density at radius 2 is 2.20 bits per heavy atom. The van der Waals surface area contributed by atoms with Crippen molar-refractivity contribution in [1.29, 1.82) is 0 Å². The van der Waals surface area contributed by atoms with Crippen molar-refractivity contribution in [2.24, 2.45) is 0 Å². The summed E-state index contributed by atoms with van der Waals surface area (Å²) in [6.45, 7) is 1.12. The van der Waals surface area contributed by atoms with Crippen LogP contribution in [0.15, 0.2) is 22.7 Å². The van der Waals surface area contributed by atoms with Crippen LogP contribution in [0.1, 0.15) is 16.8 Å². The molecular formula is C14H20BrN3O2. The summed E-state index contributed by atoms with van der Waals surface area (Å²) in [5.74, 6) is -0.0820. The van der Waals surface area contributed by atoms with Gasteiger partial charge in [0, 0.05) is 34.9 Å². The predicted octanol–water partition coefficient (Wildman–Crippen LogP) is 1.17. The normalized spacial score (nSPS) is 22.6. The minimum atomic E-state index is -0.451. The van der Waals surface area contributed by atoms with Crippen LogP contribution in [0.2, 0.25) is 0 Å². The van der Waals surface area contributed by atoms with E-state index in [2.05, 4.69) is 15.9 Å². The Morgan fingerprint density at radius 3 is 2.80 bits per heavy atom. The maximum absolute atomic E-state index is 12.6. The van der Waals surface area contributed by atoms with Crippen LogP contribution in [0.4, 0.5) is 5.69 Å². The number of halogens is 1. The zero-order valence-corrected chi connectivity index (χ0v) is 13.3. The molecule has 1 aliphatic heterocycles. The Hall–Kier alpha value is -1.11. The molecule has 1 aliphatic rings. The van der Waals surface area contributed by atoms with Crippen molar-refractivity contribution in [1.82, 2.24) is 9.80 Å². The lowest BCUT2D eigenvalue weighted by Gasteiger charge is -2.27. The van der Waals surface area contributed by atoms with Crippen molar-refractivity contribution in [3.8, 4) is 0 Å². The van der Waals surface area contributed by atoms with Gasteiger partial charge >= 0.3 is 0 Å². The van der Waals surface area contributed by atoms with Gasteiger partial charge in [0.2, 0.25) is 0 Å². The Bertz CT molecular complexity index is 487. The Balaban J connectivity index is 2.22. The highest BCUT2D eigenvalue weighted by Crippen LogP contribution is 2.24. The van der Waals surface area contributed by atoms with E-state index in [4.69, 9.17) is 5.73 Å². The molecule has 5 nitrogen and oxygen atoms in total. The first-order valence-electron chi connectivity index (χ1n) is 6.56. The number of aliphatic hydroxyl groups excluding tert-OH is 1. The third kappa shape index (κ3) is 3.50. The van der Waals surface area contributed by atoms with E-state index >= 15 is 0 Å². The molecule has 1 amide bonds. The van der Waals surface area contributed by atoms with Gasteiger partial charge in [-0.25, -0.2) is 0 Å². The molecular weight excluding hydrogens is 322 g/mol. The van der Waals surface area contributed by atoms with Gasteiger partial charge in [-0.05, 0) is 38.7 Å². The molecule has 3 N–H and O–H groups in total. The molecule has 0 bridgehead atoms. The van der Waals surface area contributed by atoms with Crippen molar-refractivity contribution in [3.05, 3.63) is 28.2 Å². The van der Waals surface area contributed by atoms with Crippen LogP contribution in [0.3, 0.4) is 0 Å². The van der Waals surface area contributed by atoms with Crippen LogP contribution in [0.25, 0.3) is 0 Å². The van der Waals surface area contributed by atoms with Gasteiger partial charge in [0.15, 0.2) is 0 Å². The van der Waals surface area contributed by atoms with E-state index in [1.807, 2.05) is 19.0 Å². The number of nitrogen functional groups attached to an aromatic ring is 1. The van der Waals surface area contributed by atoms with Crippen LogP contribution in [-0.4, -0.2) is 60.1 Å². The number of hydrogen-bond donors (Lipinski definition) is 2. The average Bonchev–Trinajstić information content (AvgIpc) is 2.67. The summed E-state index contributed by atoms with van der Waals surface area (Å²) in [7, 11) is 3.93. The number of amides is 1. The summed E-state index contributed by atoms with van der Waals surface area (Å²) < 4.78 is 0.782. The maximum atomic E-state index is 12.6. The number of hydrogen-bond acceptors (Lipinski definition) is 4. The van der Waals surface area contributed by atoms with Crippen molar-refractivity contribution >= 4 is 27.5 Å². The lowest BCUT2D eigenvalue weighted by Crippen LogP contribution is -2.41. The van der Waals surface area contributed by atoms with Gasteiger partial charge in [-0.15, -0.1) is 0 Å². The molecule has 1 heterocycles. The third-order valence-electron chi connectivity index (χ3n) is 3.40. The van der Waals surface area contributed by atoms with Crippen molar-refractivity contribution < 1.29 is 9.90 Å². The Labute approximate surface area is 127 Å². The fraction of sp³-hybridized carbons (Fsp3) is 0.500. The number of nitrogens with zero attached hydrogens (tertiary/aromatic N) is 2. The number of carbonyl (C=O) groups is 1.